The Morgan fingerprint density at radius 1 is 0.889 bits per heavy atom. The summed E-state index contributed by atoms with van der Waals surface area (Å²) in [6, 6.07) is 0. The Morgan fingerprint density at radius 2 is 1.22 bits per heavy atom. The average Bonchev–Trinajstić information content (AvgIpc) is 2.29. The molecule has 0 aromatic carbocycles. The molecule has 6 nitrogen and oxygen atoms in total. The lowest BCUT2D eigenvalue weighted by atomic mass is 10.6. The second kappa shape index (κ2) is 10.4. The number of rotatable bonds is 7. The first kappa shape index (κ1) is 17.4. The molecule has 0 aromatic rings. The van der Waals surface area contributed by atoms with Gasteiger partial charge in [0.25, 0.3) is 0 Å². The van der Waals surface area contributed by atoms with Gasteiger partial charge in [-0.25, -0.2) is 0 Å². The number of carboxylic acid groups (broad SMARTS) is 2. The fraction of sp³-hybridized carbons (Fsp3) is 0.500. The summed E-state index contributed by atoms with van der Waals surface area (Å²) >= 11 is 11.8. The SMILES string of the molecule is O=C(O)CSC(=S)NCCNC(=S)SCC(=O)O. The predicted octanol–water partition coefficient (Wildman–Crippen LogP) is 0.371. The minimum atomic E-state index is -0.923. The summed E-state index contributed by atoms with van der Waals surface area (Å²) in [5, 5.41) is 22.5. The largest absolute Gasteiger partial charge is 0.481 e. The van der Waals surface area contributed by atoms with Gasteiger partial charge in [0.2, 0.25) is 0 Å². The van der Waals surface area contributed by atoms with Crippen molar-refractivity contribution in [3.05, 3.63) is 0 Å². The van der Waals surface area contributed by atoms with Gasteiger partial charge >= 0.3 is 11.9 Å². The first-order chi connectivity index (χ1) is 8.41. The smallest absolute Gasteiger partial charge is 0.313 e. The highest BCUT2D eigenvalue weighted by Crippen LogP contribution is 2.01. The van der Waals surface area contributed by atoms with E-state index in [-0.39, 0.29) is 11.5 Å². The van der Waals surface area contributed by atoms with Crippen molar-refractivity contribution in [2.45, 2.75) is 0 Å². The van der Waals surface area contributed by atoms with Gasteiger partial charge in [0.1, 0.15) is 8.64 Å². The first-order valence-corrected chi connectivity index (χ1v) is 7.45. The maximum atomic E-state index is 10.3. The highest BCUT2D eigenvalue weighted by atomic mass is 32.2. The number of carboxylic acids is 2. The van der Waals surface area contributed by atoms with Crippen molar-refractivity contribution < 1.29 is 19.8 Å². The van der Waals surface area contributed by atoms with E-state index in [1.165, 1.54) is 0 Å². The first-order valence-electron chi connectivity index (χ1n) is 4.66. The van der Waals surface area contributed by atoms with E-state index in [0.29, 0.717) is 21.7 Å². The molecular weight excluding hydrogens is 316 g/mol. The van der Waals surface area contributed by atoms with Crippen molar-refractivity contribution in [1.82, 2.24) is 10.6 Å². The molecule has 102 valence electrons. The summed E-state index contributed by atoms with van der Waals surface area (Å²) in [4.78, 5) is 20.5. The van der Waals surface area contributed by atoms with E-state index in [4.69, 9.17) is 34.6 Å². The molecule has 0 unspecified atom stereocenters. The molecule has 0 aromatic heterocycles. The molecule has 0 aliphatic heterocycles. The summed E-state index contributed by atoms with van der Waals surface area (Å²) < 4.78 is 0.812. The van der Waals surface area contributed by atoms with Crippen LogP contribution in [0.2, 0.25) is 0 Å². The van der Waals surface area contributed by atoms with Crippen LogP contribution in [0.1, 0.15) is 0 Å². The fourth-order valence-corrected chi connectivity index (χ4v) is 2.16. The molecule has 0 spiro atoms. The Hall–Kier alpha value is -0.580. The lowest BCUT2D eigenvalue weighted by molar-refractivity contribution is -0.134. The number of thioether (sulfide) groups is 2. The maximum Gasteiger partial charge on any atom is 0.313 e. The van der Waals surface area contributed by atoms with Gasteiger partial charge in [-0.05, 0) is 0 Å². The van der Waals surface area contributed by atoms with Crippen molar-refractivity contribution in [3.8, 4) is 0 Å². The Kier molecular flexibility index (Phi) is 10.0. The van der Waals surface area contributed by atoms with Crippen LogP contribution in [0.25, 0.3) is 0 Å². The predicted molar refractivity (Wildman–Crippen MR) is 81.4 cm³/mol. The number of carbonyl (C=O) groups is 2. The van der Waals surface area contributed by atoms with Crippen LogP contribution < -0.4 is 10.6 Å². The number of hydrogen-bond donors (Lipinski definition) is 4. The summed E-state index contributed by atoms with van der Waals surface area (Å²) in [7, 11) is 0. The molecule has 0 fully saturated rings. The summed E-state index contributed by atoms with van der Waals surface area (Å²) in [6.07, 6.45) is 0. The highest BCUT2D eigenvalue weighted by Gasteiger charge is 2.03. The van der Waals surface area contributed by atoms with Crippen molar-refractivity contribution in [2.75, 3.05) is 24.6 Å². The number of hydrogen-bond acceptors (Lipinski definition) is 6. The van der Waals surface area contributed by atoms with Gasteiger partial charge in [0.05, 0.1) is 11.5 Å². The van der Waals surface area contributed by atoms with Gasteiger partial charge in [-0.2, -0.15) is 0 Å². The molecule has 0 rings (SSSR count). The van der Waals surface area contributed by atoms with Crippen LogP contribution in [0.4, 0.5) is 0 Å². The van der Waals surface area contributed by atoms with Crippen LogP contribution in [-0.4, -0.2) is 55.4 Å². The molecule has 0 saturated carbocycles. The molecular formula is C8H12N2O4S4. The normalized spacial score (nSPS) is 9.56. The van der Waals surface area contributed by atoms with Gasteiger partial charge in [-0.1, -0.05) is 48.0 Å². The van der Waals surface area contributed by atoms with Crippen LogP contribution in [-0.2, 0) is 9.59 Å². The molecule has 4 N–H and O–H groups in total. The summed E-state index contributed by atoms with van der Waals surface area (Å²) in [6.45, 7) is 0.971. The summed E-state index contributed by atoms with van der Waals surface area (Å²) in [5.74, 6) is -2.00. The lowest BCUT2D eigenvalue weighted by Crippen LogP contribution is -2.31. The molecule has 0 heterocycles. The van der Waals surface area contributed by atoms with Gasteiger partial charge < -0.3 is 20.8 Å². The minimum Gasteiger partial charge on any atom is -0.481 e. The lowest BCUT2D eigenvalue weighted by Gasteiger charge is -2.08. The zero-order chi connectivity index (χ0) is 14.0. The third kappa shape index (κ3) is 11.9. The zero-order valence-corrected chi connectivity index (χ0v) is 12.4. The van der Waals surface area contributed by atoms with E-state index in [0.717, 1.165) is 23.5 Å². The third-order valence-electron chi connectivity index (χ3n) is 1.32. The van der Waals surface area contributed by atoms with E-state index in [2.05, 4.69) is 10.6 Å². The van der Waals surface area contributed by atoms with E-state index < -0.39 is 11.9 Å². The topological polar surface area (TPSA) is 98.7 Å². The van der Waals surface area contributed by atoms with Crippen LogP contribution >= 0.6 is 48.0 Å². The summed E-state index contributed by atoms with van der Waals surface area (Å²) in [5.41, 5.74) is 0. The second-order valence-electron chi connectivity index (χ2n) is 2.79. The minimum absolute atomic E-state index is 0.0772. The van der Waals surface area contributed by atoms with Crippen LogP contribution in [0.3, 0.4) is 0 Å². The molecule has 18 heavy (non-hydrogen) atoms. The molecule has 10 heteroatoms. The van der Waals surface area contributed by atoms with Crippen molar-refractivity contribution in [3.63, 3.8) is 0 Å². The van der Waals surface area contributed by atoms with Crippen LogP contribution in [0, 0.1) is 0 Å². The van der Waals surface area contributed by atoms with Gasteiger partial charge in [-0.3, -0.25) is 9.59 Å². The molecule has 0 bridgehead atoms. The van der Waals surface area contributed by atoms with Crippen molar-refractivity contribution in [1.29, 1.82) is 0 Å². The van der Waals surface area contributed by atoms with E-state index in [1.807, 2.05) is 0 Å². The Labute approximate surface area is 123 Å². The molecule has 0 amide bonds. The molecule has 0 aliphatic carbocycles. The number of aliphatic carboxylic acids is 2. The maximum absolute atomic E-state index is 10.3. The molecule has 0 saturated heterocycles. The average molecular weight is 328 g/mol. The monoisotopic (exact) mass is 328 g/mol. The Bertz CT molecular complexity index is 305. The van der Waals surface area contributed by atoms with Gasteiger partial charge in [-0.15, -0.1) is 0 Å². The quantitative estimate of drug-likeness (QED) is 0.387. The van der Waals surface area contributed by atoms with Gasteiger partial charge in [0.15, 0.2) is 0 Å². The van der Waals surface area contributed by atoms with E-state index in [9.17, 15) is 9.59 Å². The van der Waals surface area contributed by atoms with E-state index in [1.54, 1.807) is 0 Å². The molecule has 0 atom stereocenters. The Balaban J connectivity index is 3.49. The van der Waals surface area contributed by atoms with Crippen LogP contribution in [0.5, 0.6) is 0 Å². The Morgan fingerprint density at radius 3 is 1.50 bits per heavy atom. The van der Waals surface area contributed by atoms with Gasteiger partial charge in [0, 0.05) is 13.1 Å². The van der Waals surface area contributed by atoms with E-state index >= 15 is 0 Å². The van der Waals surface area contributed by atoms with Crippen LogP contribution in [0.15, 0.2) is 0 Å². The van der Waals surface area contributed by atoms with Crippen molar-refractivity contribution in [2.24, 2.45) is 0 Å². The molecule has 0 radical (unpaired) electrons. The number of thiocarbonyl (C=S) groups is 2. The van der Waals surface area contributed by atoms with Crippen molar-refractivity contribution >= 4 is 68.5 Å². The fourth-order valence-electron chi connectivity index (χ4n) is 0.686. The highest BCUT2D eigenvalue weighted by molar-refractivity contribution is 8.23. The third-order valence-corrected chi connectivity index (χ3v) is 3.91. The number of nitrogens with one attached hydrogen (secondary N) is 2. The zero-order valence-electron chi connectivity index (χ0n) is 9.17. The second-order valence-corrected chi connectivity index (χ2v) is 6.10. The molecule has 0 aliphatic rings. The standard InChI is InChI=1S/C8H12N2O4S4/c11-5(12)3-17-7(15)9-1-2-10-8(16)18-4-6(13)14/h1-4H2,(H,9,15)(H,10,16)(H,11,12)(H,13,14).